The van der Waals surface area contributed by atoms with E-state index in [2.05, 4.69) is 0 Å². The van der Waals surface area contributed by atoms with Crippen molar-refractivity contribution >= 4 is 5.91 Å². The number of halogens is 1. The van der Waals surface area contributed by atoms with Crippen LogP contribution in [-0.2, 0) is 11.3 Å². The molecule has 0 aliphatic carbocycles. The van der Waals surface area contributed by atoms with Gasteiger partial charge in [0.2, 0.25) is 5.91 Å². The van der Waals surface area contributed by atoms with Crippen LogP contribution in [0.4, 0.5) is 4.39 Å². The third kappa shape index (κ3) is 3.82. The average Bonchev–Trinajstić information content (AvgIpc) is 2.31. The van der Waals surface area contributed by atoms with Gasteiger partial charge in [0.1, 0.15) is 5.82 Å². The number of likely N-dealkylation sites (N-methyl/N-ethyl adjacent to an activating group) is 2. The molecule has 0 heterocycles. The monoisotopic (exact) mass is 249 g/mol. The minimum atomic E-state index is -0.363. The molecule has 0 saturated carbocycles. The highest BCUT2D eigenvalue weighted by Gasteiger charge is 2.11. The van der Waals surface area contributed by atoms with Gasteiger partial charge in [-0.15, -0.1) is 0 Å². The molecule has 4 nitrogen and oxygen atoms in total. The Morgan fingerprint density at radius 3 is 2.61 bits per heavy atom. The first-order valence-electron chi connectivity index (χ1n) is 5.51. The topological polar surface area (TPSA) is 47.3 Å². The second kappa shape index (κ2) is 6.12. The molecule has 0 bridgehead atoms. The number of amides is 1. The highest BCUT2D eigenvalue weighted by Crippen LogP contribution is 2.12. The molecule has 0 N–H and O–H groups in total. The number of rotatable bonds is 4. The zero-order chi connectivity index (χ0) is 13.7. The summed E-state index contributed by atoms with van der Waals surface area (Å²) in [5, 5.41) is 8.76. The van der Waals surface area contributed by atoms with E-state index in [1.54, 1.807) is 26.0 Å². The molecule has 1 aromatic rings. The van der Waals surface area contributed by atoms with E-state index in [4.69, 9.17) is 5.26 Å². The van der Waals surface area contributed by atoms with Gasteiger partial charge in [0.15, 0.2) is 0 Å². The predicted octanol–water partition coefficient (Wildman–Crippen LogP) is 1.22. The van der Waals surface area contributed by atoms with E-state index in [0.29, 0.717) is 17.7 Å². The first-order valence-corrected chi connectivity index (χ1v) is 5.51. The molecule has 5 heteroatoms. The molecule has 0 radical (unpaired) electrons. The lowest BCUT2D eigenvalue weighted by Crippen LogP contribution is -2.34. The van der Waals surface area contributed by atoms with E-state index in [-0.39, 0.29) is 18.3 Å². The summed E-state index contributed by atoms with van der Waals surface area (Å²) >= 11 is 0. The molecule has 0 unspecified atom stereocenters. The van der Waals surface area contributed by atoms with E-state index in [0.717, 1.165) is 0 Å². The van der Waals surface area contributed by atoms with Gasteiger partial charge >= 0.3 is 0 Å². The minimum absolute atomic E-state index is 0.0469. The van der Waals surface area contributed by atoms with Gasteiger partial charge in [-0.3, -0.25) is 9.69 Å². The van der Waals surface area contributed by atoms with E-state index in [1.807, 2.05) is 6.07 Å². The Morgan fingerprint density at radius 2 is 2.06 bits per heavy atom. The van der Waals surface area contributed by atoms with E-state index in [1.165, 1.54) is 23.1 Å². The summed E-state index contributed by atoms with van der Waals surface area (Å²) in [7, 11) is 5.08. The minimum Gasteiger partial charge on any atom is -0.348 e. The smallest absolute Gasteiger partial charge is 0.236 e. The zero-order valence-corrected chi connectivity index (χ0v) is 10.8. The third-order valence-corrected chi connectivity index (χ3v) is 2.52. The molecule has 0 spiro atoms. The molecule has 96 valence electrons. The molecule has 0 fully saturated rings. The Morgan fingerprint density at radius 1 is 1.39 bits per heavy atom. The van der Waals surface area contributed by atoms with Crippen LogP contribution in [0, 0.1) is 17.1 Å². The van der Waals surface area contributed by atoms with Crippen molar-refractivity contribution in [3.63, 3.8) is 0 Å². The number of carbonyl (C=O) groups is 1. The van der Waals surface area contributed by atoms with Crippen LogP contribution in [0.15, 0.2) is 18.2 Å². The molecule has 0 aliphatic heterocycles. The summed E-state index contributed by atoms with van der Waals surface area (Å²) in [6.45, 7) is 0.504. The van der Waals surface area contributed by atoms with Crippen LogP contribution >= 0.6 is 0 Å². The Kier molecular flexibility index (Phi) is 4.81. The Hall–Kier alpha value is -1.93. The second-order valence-corrected chi connectivity index (χ2v) is 4.38. The normalized spacial score (nSPS) is 10.2. The van der Waals surface area contributed by atoms with Gasteiger partial charge < -0.3 is 4.90 Å². The summed E-state index contributed by atoms with van der Waals surface area (Å²) in [5.41, 5.74) is 0.835. The molecular formula is C13H16FN3O. The van der Waals surface area contributed by atoms with Crippen LogP contribution in [-0.4, -0.2) is 43.4 Å². The van der Waals surface area contributed by atoms with Crippen molar-refractivity contribution in [2.75, 3.05) is 27.7 Å². The van der Waals surface area contributed by atoms with Gasteiger partial charge in [-0.1, -0.05) is 0 Å². The highest BCUT2D eigenvalue weighted by molar-refractivity contribution is 5.77. The number of benzene rings is 1. The predicted molar refractivity (Wildman–Crippen MR) is 66.1 cm³/mol. The van der Waals surface area contributed by atoms with Crippen molar-refractivity contribution in [3.05, 3.63) is 35.1 Å². The van der Waals surface area contributed by atoms with Crippen LogP contribution in [0.1, 0.15) is 11.1 Å². The van der Waals surface area contributed by atoms with Gasteiger partial charge in [-0.25, -0.2) is 4.39 Å². The molecule has 0 saturated heterocycles. The van der Waals surface area contributed by atoms with Crippen LogP contribution in [0.3, 0.4) is 0 Å². The molecule has 1 rings (SSSR count). The molecule has 0 aliphatic rings. The standard InChI is InChI=1S/C13H16FN3O/c1-16(2)13(18)9-17(3)8-11-6-10(7-15)4-5-12(11)14/h4-6H,8-9H2,1-3H3. The second-order valence-electron chi connectivity index (χ2n) is 4.38. The van der Waals surface area contributed by atoms with Crippen molar-refractivity contribution in [2.24, 2.45) is 0 Å². The maximum atomic E-state index is 13.5. The van der Waals surface area contributed by atoms with Gasteiger partial charge in [0.25, 0.3) is 0 Å². The molecule has 0 atom stereocenters. The number of carbonyl (C=O) groups excluding carboxylic acids is 1. The quantitative estimate of drug-likeness (QED) is 0.806. The number of hydrogen-bond donors (Lipinski definition) is 0. The Balaban J connectivity index is 2.73. The van der Waals surface area contributed by atoms with Gasteiger partial charge in [-0.2, -0.15) is 5.26 Å². The number of nitriles is 1. The molecule has 18 heavy (non-hydrogen) atoms. The Bertz CT molecular complexity index is 480. The zero-order valence-electron chi connectivity index (χ0n) is 10.8. The van der Waals surface area contributed by atoms with E-state index in [9.17, 15) is 9.18 Å². The van der Waals surface area contributed by atoms with Gasteiger partial charge in [0, 0.05) is 26.2 Å². The van der Waals surface area contributed by atoms with Gasteiger partial charge in [-0.05, 0) is 25.2 Å². The summed E-state index contributed by atoms with van der Waals surface area (Å²) in [4.78, 5) is 14.7. The lowest BCUT2D eigenvalue weighted by atomic mass is 10.1. The van der Waals surface area contributed by atoms with Crippen molar-refractivity contribution in [1.29, 1.82) is 5.26 Å². The first-order chi connectivity index (χ1) is 8.43. The fourth-order valence-corrected chi connectivity index (χ4v) is 1.48. The number of nitrogens with zero attached hydrogens (tertiary/aromatic N) is 3. The molecular weight excluding hydrogens is 233 g/mol. The molecule has 1 aromatic carbocycles. The van der Waals surface area contributed by atoms with Crippen LogP contribution in [0.25, 0.3) is 0 Å². The molecule has 0 aromatic heterocycles. The van der Waals surface area contributed by atoms with Crippen molar-refractivity contribution in [3.8, 4) is 6.07 Å². The lowest BCUT2D eigenvalue weighted by Gasteiger charge is -2.19. The maximum Gasteiger partial charge on any atom is 0.236 e. The van der Waals surface area contributed by atoms with Crippen molar-refractivity contribution in [2.45, 2.75) is 6.54 Å². The summed E-state index contributed by atoms with van der Waals surface area (Å²) < 4.78 is 13.5. The average molecular weight is 249 g/mol. The van der Waals surface area contributed by atoms with Crippen LogP contribution in [0.2, 0.25) is 0 Å². The summed E-state index contributed by atoms with van der Waals surface area (Å²) in [6, 6.07) is 6.18. The first kappa shape index (κ1) is 14.1. The maximum absolute atomic E-state index is 13.5. The van der Waals surface area contributed by atoms with Gasteiger partial charge in [0.05, 0.1) is 18.2 Å². The SMILES string of the molecule is CN(CC(=O)N(C)C)Cc1cc(C#N)ccc1F. The number of hydrogen-bond acceptors (Lipinski definition) is 3. The largest absolute Gasteiger partial charge is 0.348 e. The third-order valence-electron chi connectivity index (χ3n) is 2.52. The lowest BCUT2D eigenvalue weighted by molar-refractivity contribution is -0.129. The summed E-state index contributed by atoms with van der Waals surface area (Å²) in [5.74, 6) is -0.410. The summed E-state index contributed by atoms with van der Waals surface area (Å²) in [6.07, 6.45) is 0. The Labute approximate surface area is 106 Å². The van der Waals surface area contributed by atoms with Crippen molar-refractivity contribution < 1.29 is 9.18 Å². The fraction of sp³-hybridized carbons (Fsp3) is 0.385. The van der Waals surface area contributed by atoms with Crippen LogP contribution in [0.5, 0.6) is 0 Å². The molecule has 1 amide bonds. The van der Waals surface area contributed by atoms with E-state index >= 15 is 0 Å². The van der Waals surface area contributed by atoms with E-state index < -0.39 is 0 Å². The highest BCUT2D eigenvalue weighted by atomic mass is 19.1. The van der Waals surface area contributed by atoms with Crippen molar-refractivity contribution in [1.82, 2.24) is 9.80 Å². The fourth-order valence-electron chi connectivity index (χ4n) is 1.48. The van der Waals surface area contributed by atoms with Crippen LogP contribution < -0.4 is 0 Å².